The summed E-state index contributed by atoms with van der Waals surface area (Å²) < 4.78 is 10.9. The molecule has 0 fully saturated rings. The van der Waals surface area contributed by atoms with E-state index in [0.29, 0.717) is 18.1 Å². The van der Waals surface area contributed by atoms with Gasteiger partial charge in [-0.2, -0.15) is 0 Å². The quantitative estimate of drug-likeness (QED) is 0.456. The SMILES string of the molecule is CCOc1ccc(O[C@H](C)C(=O)NNC(=O)/C(=C/c2ccccc2)NC(C)=O)cc1. The number of amides is 3. The normalized spacial score (nSPS) is 11.8. The molecule has 2 rings (SSSR count). The predicted molar refractivity (Wildman–Crippen MR) is 112 cm³/mol. The molecule has 0 aliphatic rings. The van der Waals surface area contributed by atoms with Gasteiger partial charge in [-0.3, -0.25) is 25.2 Å². The van der Waals surface area contributed by atoms with Crippen molar-refractivity contribution >= 4 is 23.8 Å². The number of benzene rings is 2. The molecule has 2 aromatic carbocycles. The highest BCUT2D eigenvalue weighted by Crippen LogP contribution is 2.18. The Morgan fingerprint density at radius 2 is 1.60 bits per heavy atom. The van der Waals surface area contributed by atoms with Crippen LogP contribution >= 0.6 is 0 Å². The van der Waals surface area contributed by atoms with Gasteiger partial charge in [0.15, 0.2) is 6.10 Å². The number of hydrazine groups is 1. The predicted octanol–water partition coefficient (Wildman–Crippen LogP) is 2.18. The Morgan fingerprint density at radius 1 is 0.967 bits per heavy atom. The van der Waals surface area contributed by atoms with E-state index in [9.17, 15) is 14.4 Å². The molecule has 0 aromatic heterocycles. The van der Waals surface area contributed by atoms with Crippen molar-refractivity contribution in [3.63, 3.8) is 0 Å². The van der Waals surface area contributed by atoms with Crippen LogP contribution in [0.2, 0.25) is 0 Å². The van der Waals surface area contributed by atoms with Gasteiger partial charge in [0.1, 0.15) is 17.2 Å². The molecule has 0 heterocycles. The number of ether oxygens (including phenoxy) is 2. The Balaban J connectivity index is 1.94. The molecule has 8 nitrogen and oxygen atoms in total. The summed E-state index contributed by atoms with van der Waals surface area (Å²) in [5, 5.41) is 2.45. The van der Waals surface area contributed by atoms with Crippen LogP contribution < -0.4 is 25.6 Å². The van der Waals surface area contributed by atoms with Crippen molar-refractivity contribution in [2.75, 3.05) is 6.61 Å². The minimum absolute atomic E-state index is 0.00548. The van der Waals surface area contributed by atoms with E-state index in [0.717, 1.165) is 5.56 Å². The lowest BCUT2D eigenvalue weighted by molar-refractivity contribution is -0.131. The highest BCUT2D eigenvalue weighted by atomic mass is 16.5. The van der Waals surface area contributed by atoms with Crippen LogP contribution in [0, 0.1) is 0 Å². The van der Waals surface area contributed by atoms with E-state index in [1.54, 1.807) is 55.5 Å². The first-order chi connectivity index (χ1) is 14.4. The van der Waals surface area contributed by atoms with Crippen LogP contribution in [0.4, 0.5) is 0 Å². The maximum atomic E-state index is 12.4. The molecule has 1 atom stereocenters. The van der Waals surface area contributed by atoms with Crippen LogP contribution in [0.15, 0.2) is 60.3 Å². The van der Waals surface area contributed by atoms with Crippen molar-refractivity contribution < 1.29 is 23.9 Å². The third kappa shape index (κ3) is 7.31. The molecule has 0 unspecified atom stereocenters. The lowest BCUT2D eigenvalue weighted by Crippen LogP contribution is -2.49. The van der Waals surface area contributed by atoms with Crippen LogP contribution in [0.5, 0.6) is 11.5 Å². The molecule has 3 amide bonds. The van der Waals surface area contributed by atoms with Crippen LogP contribution in [0.25, 0.3) is 6.08 Å². The zero-order chi connectivity index (χ0) is 21.9. The van der Waals surface area contributed by atoms with E-state index in [2.05, 4.69) is 16.2 Å². The molecular weight excluding hydrogens is 386 g/mol. The molecule has 30 heavy (non-hydrogen) atoms. The lowest BCUT2D eigenvalue weighted by Gasteiger charge is -2.16. The molecule has 0 aliphatic heterocycles. The molecule has 2 aromatic rings. The second-order valence-electron chi connectivity index (χ2n) is 6.26. The van der Waals surface area contributed by atoms with E-state index in [1.165, 1.54) is 13.0 Å². The first-order valence-electron chi connectivity index (χ1n) is 9.43. The molecule has 0 spiro atoms. The van der Waals surface area contributed by atoms with E-state index >= 15 is 0 Å². The average Bonchev–Trinajstić information content (AvgIpc) is 2.73. The summed E-state index contributed by atoms with van der Waals surface area (Å²) in [6.45, 7) is 5.28. The topological polar surface area (TPSA) is 106 Å². The number of carbonyl (C=O) groups is 3. The summed E-state index contributed by atoms with van der Waals surface area (Å²) >= 11 is 0. The summed E-state index contributed by atoms with van der Waals surface area (Å²) in [7, 11) is 0. The van der Waals surface area contributed by atoms with Crippen molar-refractivity contribution in [1.82, 2.24) is 16.2 Å². The number of rotatable bonds is 8. The van der Waals surface area contributed by atoms with Crippen LogP contribution in [0.3, 0.4) is 0 Å². The van der Waals surface area contributed by atoms with Gasteiger partial charge in [0.25, 0.3) is 11.8 Å². The summed E-state index contributed by atoms with van der Waals surface area (Å²) in [5.74, 6) is -0.457. The van der Waals surface area contributed by atoms with Crippen molar-refractivity contribution in [2.24, 2.45) is 0 Å². The molecule has 0 saturated heterocycles. The number of hydrogen-bond acceptors (Lipinski definition) is 5. The lowest BCUT2D eigenvalue weighted by atomic mass is 10.2. The molecule has 0 aliphatic carbocycles. The highest BCUT2D eigenvalue weighted by Gasteiger charge is 2.17. The first kappa shape index (κ1) is 22.5. The van der Waals surface area contributed by atoms with Gasteiger partial charge in [-0.1, -0.05) is 30.3 Å². The summed E-state index contributed by atoms with van der Waals surface area (Å²) in [6, 6.07) is 15.8. The fraction of sp³-hybridized carbons (Fsp3) is 0.227. The van der Waals surface area contributed by atoms with E-state index in [-0.39, 0.29) is 5.70 Å². The van der Waals surface area contributed by atoms with Gasteiger partial charge in [0.2, 0.25) is 5.91 Å². The van der Waals surface area contributed by atoms with Gasteiger partial charge in [-0.15, -0.1) is 0 Å². The van der Waals surface area contributed by atoms with Crippen molar-refractivity contribution in [2.45, 2.75) is 26.9 Å². The molecule has 0 saturated carbocycles. The summed E-state index contributed by atoms with van der Waals surface area (Å²) in [6.07, 6.45) is 0.633. The standard InChI is InChI=1S/C22H25N3O5/c1-4-29-18-10-12-19(13-11-18)30-15(2)21(27)24-25-22(28)20(23-16(3)26)14-17-8-6-5-7-9-17/h5-15H,4H2,1-3H3,(H,23,26)(H,24,27)(H,25,28)/b20-14-/t15-/m1/s1. The van der Waals surface area contributed by atoms with Crippen molar-refractivity contribution in [3.05, 3.63) is 65.9 Å². The third-order valence-corrected chi connectivity index (χ3v) is 3.78. The zero-order valence-corrected chi connectivity index (χ0v) is 17.1. The van der Waals surface area contributed by atoms with Crippen molar-refractivity contribution in [1.29, 1.82) is 0 Å². The smallest absolute Gasteiger partial charge is 0.286 e. The van der Waals surface area contributed by atoms with Crippen LogP contribution in [-0.2, 0) is 14.4 Å². The molecular formula is C22H25N3O5. The minimum Gasteiger partial charge on any atom is -0.494 e. The van der Waals surface area contributed by atoms with E-state index in [4.69, 9.17) is 9.47 Å². The number of carbonyl (C=O) groups excluding carboxylic acids is 3. The zero-order valence-electron chi connectivity index (χ0n) is 17.1. The Bertz CT molecular complexity index is 895. The maximum absolute atomic E-state index is 12.4. The molecule has 3 N–H and O–H groups in total. The Kier molecular flexibility index (Phi) is 8.43. The first-order valence-corrected chi connectivity index (χ1v) is 9.43. The van der Waals surface area contributed by atoms with Crippen molar-refractivity contribution in [3.8, 4) is 11.5 Å². The highest BCUT2D eigenvalue weighted by molar-refractivity contribution is 6.01. The maximum Gasteiger partial charge on any atom is 0.286 e. The molecule has 158 valence electrons. The Labute approximate surface area is 175 Å². The molecule has 0 bridgehead atoms. The van der Waals surface area contributed by atoms with Gasteiger partial charge in [0, 0.05) is 6.92 Å². The number of hydrogen-bond donors (Lipinski definition) is 3. The Hall–Kier alpha value is -3.81. The summed E-state index contributed by atoms with van der Waals surface area (Å²) in [5.41, 5.74) is 5.28. The number of nitrogens with one attached hydrogen (secondary N) is 3. The monoisotopic (exact) mass is 411 g/mol. The fourth-order valence-corrected chi connectivity index (χ4v) is 2.39. The average molecular weight is 411 g/mol. The van der Waals surface area contributed by atoms with Gasteiger partial charge in [-0.25, -0.2) is 0 Å². The molecule has 8 heteroatoms. The largest absolute Gasteiger partial charge is 0.494 e. The summed E-state index contributed by atoms with van der Waals surface area (Å²) in [4.78, 5) is 36.1. The third-order valence-electron chi connectivity index (χ3n) is 3.78. The van der Waals surface area contributed by atoms with Gasteiger partial charge >= 0.3 is 0 Å². The second-order valence-corrected chi connectivity index (χ2v) is 6.26. The Morgan fingerprint density at radius 3 is 2.20 bits per heavy atom. The van der Waals surface area contributed by atoms with Crippen LogP contribution in [0.1, 0.15) is 26.3 Å². The van der Waals surface area contributed by atoms with Crippen LogP contribution in [-0.4, -0.2) is 30.4 Å². The minimum atomic E-state index is -0.870. The van der Waals surface area contributed by atoms with Gasteiger partial charge in [0.05, 0.1) is 6.61 Å². The molecule has 0 radical (unpaired) electrons. The van der Waals surface area contributed by atoms with E-state index in [1.807, 2.05) is 13.0 Å². The fourth-order valence-electron chi connectivity index (χ4n) is 2.39. The second kappa shape index (κ2) is 11.3. The van der Waals surface area contributed by atoms with Gasteiger partial charge < -0.3 is 14.8 Å². The van der Waals surface area contributed by atoms with Gasteiger partial charge in [-0.05, 0) is 49.8 Å². The van der Waals surface area contributed by atoms with E-state index < -0.39 is 23.8 Å².